The van der Waals surface area contributed by atoms with Crippen LogP contribution in [0.5, 0.6) is 0 Å². The van der Waals surface area contributed by atoms with Crippen LogP contribution in [0.2, 0.25) is 0 Å². The van der Waals surface area contributed by atoms with Crippen molar-refractivity contribution in [2.24, 2.45) is 0 Å². The van der Waals surface area contributed by atoms with Crippen LogP contribution in [0.15, 0.2) is 29.3 Å². The van der Waals surface area contributed by atoms with Gasteiger partial charge in [-0.1, -0.05) is 6.58 Å². The number of aromatic nitrogens is 4. The maximum absolute atomic E-state index is 12.3. The number of hydrogen-bond acceptors (Lipinski definition) is 2. The topological polar surface area (TPSA) is 66.5 Å². The molecule has 0 saturated carbocycles. The fourth-order valence-electron chi connectivity index (χ4n) is 2.42. The van der Waals surface area contributed by atoms with Crippen LogP contribution in [0.4, 0.5) is 0 Å². The summed E-state index contributed by atoms with van der Waals surface area (Å²) in [6.07, 6.45) is 5.41. The lowest BCUT2D eigenvalue weighted by atomic mass is 10.2. The predicted octanol–water partition coefficient (Wildman–Crippen LogP) is 0.873. The highest BCUT2D eigenvalue weighted by atomic mass is 16.1. The maximum Gasteiger partial charge on any atom is 0.276 e. The summed E-state index contributed by atoms with van der Waals surface area (Å²) in [7, 11) is 0. The van der Waals surface area contributed by atoms with Gasteiger partial charge in [0.1, 0.15) is 16.5 Å². The molecule has 3 rings (SSSR count). The van der Waals surface area contributed by atoms with Gasteiger partial charge in [-0.05, 0) is 32.1 Å². The maximum atomic E-state index is 12.3. The molecule has 0 radical (unpaired) electrons. The van der Waals surface area contributed by atoms with Crippen LogP contribution in [0.1, 0.15) is 25.5 Å². The van der Waals surface area contributed by atoms with Crippen molar-refractivity contribution in [1.82, 2.24) is 19.5 Å². The van der Waals surface area contributed by atoms with Crippen molar-refractivity contribution in [3.63, 3.8) is 0 Å². The van der Waals surface area contributed by atoms with Crippen LogP contribution >= 0.6 is 0 Å². The summed E-state index contributed by atoms with van der Waals surface area (Å²) >= 11 is 0. The van der Waals surface area contributed by atoms with E-state index in [-0.39, 0.29) is 11.6 Å². The number of H-pyrrole nitrogens is 2. The van der Waals surface area contributed by atoms with Gasteiger partial charge in [0, 0.05) is 29.4 Å². The van der Waals surface area contributed by atoms with Crippen LogP contribution in [0, 0.1) is 0 Å². The third kappa shape index (κ3) is 1.87. The lowest BCUT2D eigenvalue weighted by molar-refractivity contribution is 0.568. The van der Waals surface area contributed by atoms with E-state index in [1.165, 1.54) is 0 Å². The van der Waals surface area contributed by atoms with E-state index in [4.69, 9.17) is 0 Å². The normalized spacial score (nSPS) is 12.7. The lowest BCUT2D eigenvalue weighted by Gasteiger charge is -2.03. The number of nitrogens with zero attached hydrogens (tertiary/aromatic N) is 2. The Morgan fingerprint density at radius 1 is 1.45 bits per heavy atom. The third-order valence-corrected chi connectivity index (χ3v) is 3.32. The first kappa shape index (κ1) is 12.5. The lowest BCUT2D eigenvalue weighted by Crippen LogP contribution is -2.32. The molecule has 3 aromatic rings. The molecule has 0 unspecified atom stereocenters. The van der Waals surface area contributed by atoms with Gasteiger partial charge in [0.05, 0.1) is 0 Å². The van der Waals surface area contributed by atoms with E-state index in [0.29, 0.717) is 10.8 Å². The van der Waals surface area contributed by atoms with Gasteiger partial charge >= 0.3 is 0 Å². The average Bonchev–Trinajstić information content (AvgIpc) is 2.93. The molecule has 0 amide bonds. The van der Waals surface area contributed by atoms with Crippen molar-refractivity contribution in [3.05, 3.63) is 51.3 Å². The molecule has 0 spiro atoms. The SMILES string of the molecule is C=c1[nH]/c(=C\c2c[nH]c3ncccc23)c(=O)n1C(C)C. The van der Waals surface area contributed by atoms with E-state index in [1.807, 2.05) is 38.3 Å². The van der Waals surface area contributed by atoms with Gasteiger partial charge in [0.2, 0.25) is 0 Å². The van der Waals surface area contributed by atoms with Gasteiger partial charge < -0.3 is 9.97 Å². The second-order valence-electron chi connectivity index (χ2n) is 5.04. The van der Waals surface area contributed by atoms with Gasteiger partial charge in [-0.3, -0.25) is 9.36 Å². The Hall–Kier alpha value is -2.56. The van der Waals surface area contributed by atoms with Gasteiger partial charge in [-0.25, -0.2) is 4.98 Å². The van der Waals surface area contributed by atoms with Crippen molar-refractivity contribution < 1.29 is 0 Å². The number of pyridine rings is 1. The van der Waals surface area contributed by atoms with Crippen LogP contribution < -0.4 is 16.4 Å². The summed E-state index contributed by atoms with van der Waals surface area (Å²) < 4.78 is 1.65. The van der Waals surface area contributed by atoms with E-state index in [0.717, 1.165) is 16.6 Å². The smallest absolute Gasteiger partial charge is 0.276 e. The molecule has 0 fully saturated rings. The first-order valence-electron chi connectivity index (χ1n) is 6.51. The molecular weight excluding hydrogens is 252 g/mol. The van der Waals surface area contributed by atoms with Crippen molar-refractivity contribution >= 4 is 23.7 Å². The number of fused-ring (bicyclic) bond motifs is 1. The van der Waals surface area contributed by atoms with Crippen molar-refractivity contribution in [1.29, 1.82) is 0 Å². The molecule has 102 valence electrons. The predicted molar refractivity (Wildman–Crippen MR) is 79.9 cm³/mol. The Bertz CT molecular complexity index is 927. The van der Waals surface area contributed by atoms with Crippen LogP contribution in [-0.2, 0) is 0 Å². The Balaban J connectivity index is 2.26. The summed E-state index contributed by atoms with van der Waals surface area (Å²) in [6, 6.07) is 3.93. The molecule has 0 aliphatic rings. The van der Waals surface area contributed by atoms with E-state index in [1.54, 1.807) is 10.8 Å². The number of aromatic amines is 2. The quantitative estimate of drug-likeness (QED) is 0.724. The van der Waals surface area contributed by atoms with Crippen molar-refractivity contribution in [2.75, 3.05) is 0 Å². The largest absolute Gasteiger partial charge is 0.346 e. The number of nitrogens with one attached hydrogen (secondary N) is 2. The van der Waals surface area contributed by atoms with Crippen LogP contribution in [-0.4, -0.2) is 19.5 Å². The fourth-order valence-corrected chi connectivity index (χ4v) is 2.42. The van der Waals surface area contributed by atoms with Gasteiger partial charge in [-0.2, -0.15) is 0 Å². The minimum absolute atomic E-state index is 0.0526. The number of rotatable bonds is 2. The highest BCUT2D eigenvalue weighted by Crippen LogP contribution is 2.15. The molecule has 0 saturated heterocycles. The second-order valence-corrected chi connectivity index (χ2v) is 5.04. The molecule has 0 bridgehead atoms. The fraction of sp³-hybridized carbons (Fsp3) is 0.200. The molecule has 0 aliphatic carbocycles. The molecule has 5 heteroatoms. The molecule has 0 aromatic carbocycles. The molecule has 3 aromatic heterocycles. The Kier molecular flexibility index (Phi) is 2.82. The van der Waals surface area contributed by atoms with Gasteiger partial charge in [0.25, 0.3) is 5.56 Å². The minimum atomic E-state index is -0.0526. The monoisotopic (exact) mass is 268 g/mol. The van der Waals surface area contributed by atoms with E-state index >= 15 is 0 Å². The van der Waals surface area contributed by atoms with Crippen LogP contribution in [0.3, 0.4) is 0 Å². The highest BCUT2D eigenvalue weighted by molar-refractivity contribution is 5.85. The third-order valence-electron chi connectivity index (χ3n) is 3.32. The molecule has 5 nitrogen and oxygen atoms in total. The zero-order valence-corrected chi connectivity index (χ0v) is 11.5. The molecule has 2 N–H and O–H groups in total. The zero-order valence-electron chi connectivity index (χ0n) is 11.5. The second kappa shape index (κ2) is 4.52. The van der Waals surface area contributed by atoms with Gasteiger partial charge in [-0.15, -0.1) is 0 Å². The molecule has 0 atom stereocenters. The standard InChI is InChI=1S/C15H16N4O/c1-9(2)19-10(3)18-13(15(19)20)7-11-8-17-14-12(11)5-4-6-16-14/h4-9,18H,3H2,1-2H3,(H,16,17)/b13-7-. The highest BCUT2D eigenvalue weighted by Gasteiger charge is 2.07. The summed E-state index contributed by atoms with van der Waals surface area (Å²) in [4.78, 5) is 22.7. The van der Waals surface area contributed by atoms with E-state index in [2.05, 4.69) is 21.5 Å². The molecule has 0 aliphatic heterocycles. The number of hydrogen-bond donors (Lipinski definition) is 2. The van der Waals surface area contributed by atoms with Crippen molar-refractivity contribution in [3.8, 4) is 0 Å². The number of imidazole rings is 1. The summed E-state index contributed by atoms with van der Waals surface area (Å²) in [5.74, 6) is 0. The Morgan fingerprint density at radius 2 is 2.25 bits per heavy atom. The minimum Gasteiger partial charge on any atom is -0.346 e. The molecular formula is C15H16N4O. The van der Waals surface area contributed by atoms with E-state index in [9.17, 15) is 4.79 Å². The summed E-state index contributed by atoms with van der Waals surface area (Å²) in [5, 5.41) is 1.52. The summed E-state index contributed by atoms with van der Waals surface area (Å²) in [5.41, 5.74) is 2.31. The first-order valence-corrected chi connectivity index (χ1v) is 6.51. The Morgan fingerprint density at radius 3 is 2.95 bits per heavy atom. The molecule has 3 heterocycles. The van der Waals surface area contributed by atoms with Crippen molar-refractivity contribution in [2.45, 2.75) is 19.9 Å². The van der Waals surface area contributed by atoms with E-state index < -0.39 is 0 Å². The first-order chi connectivity index (χ1) is 9.58. The zero-order chi connectivity index (χ0) is 14.3. The van der Waals surface area contributed by atoms with Crippen LogP contribution in [0.25, 0.3) is 23.7 Å². The average molecular weight is 268 g/mol. The Labute approximate surface area is 115 Å². The molecule has 20 heavy (non-hydrogen) atoms. The summed E-state index contributed by atoms with van der Waals surface area (Å²) in [6.45, 7) is 7.81. The van der Waals surface area contributed by atoms with Gasteiger partial charge in [0.15, 0.2) is 0 Å².